The third-order valence-electron chi connectivity index (χ3n) is 2.72. The molecule has 19 heavy (non-hydrogen) atoms. The Balaban J connectivity index is 2.18. The smallest absolute Gasteiger partial charge is 0.255 e. The molecule has 0 spiro atoms. The number of nitrogens with zero attached hydrogens (tertiary/aromatic N) is 1. The Bertz CT molecular complexity index is 607. The molecule has 0 fully saturated rings. The minimum atomic E-state index is -0.170. The normalized spacial score (nSPS) is 11.1. The fraction of sp³-hybridized carbons (Fsp3) is 0.0667. The van der Waals surface area contributed by atoms with Crippen LogP contribution in [-0.4, -0.2) is 16.8 Å². The van der Waals surface area contributed by atoms with Gasteiger partial charge in [0.15, 0.2) is 0 Å². The largest absolute Gasteiger partial charge is 0.411 e. The van der Waals surface area contributed by atoms with E-state index in [9.17, 15) is 4.79 Å². The molecule has 0 saturated carbocycles. The summed E-state index contributed by atoms with van der Waals surface area (Å²) in [5, 5.41) is 14.7. The fourth-order valence-corrected chi connectivity index (χ4v) is 1.67. The number of rotatable bonds is 3. The van der Waals surface area contributed by atoms with Crippen LogP contribution in [0, 0.1) is 0 Å². The topological polar surface area (TPSA) is 61.7 Å². The summed E-state index contributed by atoms with van der Waals surface area (Å²) >= 11 is 0. The molecule has 2 aromatic carbocycles. The number of hydrogen-bond acceptors (Lipinski definition) is 3. The maximum Gasteiger partial charge on any atom is 0.255 e. The van der Waals surface area contributed by atoms with Crippen LogP contribution in [0.3, 0.4) is 0 Å². The summed E-state index contributed by atoms with van der Waals surface area (Å²) in [6.07, 6.45) is 0. The third-order valence-corrected chi connectivity index (χ3v) is 2.72. The molecule has 0 atom stereocenters. The zero-order valence-corrected chi connectivity index (χ0v) is 10.5. The van der Waals surface area contributed by atoms with Crippen LogP contribution < -0.4 is 5.32 Å². The number of nitrogens with one attached hydrogen (secondary N) is 1. The maximum atomic E-state index is 12.0. The van der Waals surface area contributed by atoms with Crippen molar-refractivity contribution in [2.45, 2.75) is 6.92 Å². The van der Waals surface area contributed by atoms with Gasteiger partial charge in [0.25, 0.3) is 5.91 Å². The molecule has 2 rings (SSSR count). The molecule has 1 amide bonds. The van der Waals surface area contributed by atoms with Crippen LogP contribution >= 0.6 is 0 Å². The third kappa shape index (κ3) is 3.19. The molecule has 0 unspecified atom stereocenters. The second-order valence-electron chi connectivity index (χ2n) is 4.09. The van der Waals surface area contributed by atoms with Crippen molar-refractivity contribution < 1.29 is 10.0 Å². The van der Waals surface area contributed by atoms with Crippen molar-refractivity contribution in [3.8, 4) is 0 Å². The highest BCUT2D eigenvalue weighted by Crippen LogP contribution is 2.13. The Morgan fingerprint density at radius 3 is 2.42 bits per heavy atom. The van der Waals surface area contributed by atoms with E-state index in [-0.39, 0.29) is 5.91 Å². The minimum absolute atomic E-state index is 0.170. The van der Waals surface area contributed by atoms with E-state index in [1.54, 1.807) is 37.3 Å². The average Bonchev–Trinajstić information content (AvgIpc) is 2.47. The highest BCUT2D eigenvalue weighted by Gasteiger charge is 2.06. The van der Waals surface area contributed by atoms with E-state index in [1.165, 1.54) is 0 Å². The number of hydrogen-bond donors (Lipinski definition) is 2. The molecule has 4 heteroatoms. The van der Waals surface area contributed by atoms with Crippen molar-refractivity contribution in [1.82, 2.24) is 0 Å². The molecule has 2 N–H and O–H groups in total. The molecule has 4 nitrogen and oxygen atoms in total. The number of amides is 1. The van der Waals surface area contributed by atoms with Gasteiger partial charge in [-0.3, -0.25) is 4.79 Å². The van der Waals surface area contributed by atoms with Crippen LogP contribution in [0.15, 0.2) is 59.8 Å². The number of oxime groups is 1. The van der Waals surface area contributed by atoms with E-state index in [0.717, 1.165) is 5.56 Å². The second kappa shape index (κ2) is 5.82. The number of carbonyl (C=O) groups is 1. The highest BCUT2D eigenvalue weighted by molar-refractivity contribution is 6.05. The Morgan fingerprint density at radius 1 is 1.05 bits per heavy atom. The molecule has 0 radical (unpaired) electrons. The summed E-state index contributed by atoms with van der Waals surface area (Å²) in [5.41, 5.74) is 2.51. The molecule has 0 bridgehead atoms. The second-order valence-corrected chi connectivity index (χ2v) is 4.09. The molecule has 0 aliphatic rings. The van der Waals surface area contributed by atoms with Crippen molar-refractivity contribution in [2.75, 3.05) is 5.32 Å². The van der Waals surface area contributed by atoms with Crippen LogP contribution in [-0.2, 0) is 0 Å². The first kappa shape index (κ1) is 12.8. The molecule has 0 aromatic heterocycles. The zero-order chi connectivity index (χ0) is 13.7. The Labute approximate surface area is 111 Å². The Kier molecular flexibility index (Phi) is 3.93. The number of carbonyl (C=O) groups excluding carboxylic acids is 1. The molecule has 0 heterocycles. The molecule has 96 valence electrons. The molecule has 0 saturated heterocycles. The standard InChI is InChI=1S/C15H14N2O2/c1-11(17-19)13-8-5-9-14(10-13)16-15(18)12-6-3-2-4-7-12/h2-10,19H,1H3,(H,16,18)/b17-11-. The van der Waals surface area contributed by atoms with Crippen LogP contribution in [0.2, 0.25) is 0 Å². The average molecular weight is 254 g/mol. The molecular formula is C15H14N2O2. The molecular weight excluding hydrogens is 240 g/mol. The van der Waals surface area contributed by atoms with E-state index in [0.29, 0.717) is 17.0 Å². The number of anilines is 1. The van der Waals surface area contributed by atoms with Gasteiger partial charge in [0.05, 0.1) is 5.71 Å². The van der Waals surface area contributed by atoms with Crippen molar-refractivity contribution in [1.29, 1.82) is 0 Å². The lowest BCUT2D eigenvalue weighted by Gasteiger charge is -2.07. The van der Waals surface area contributed by atoms with Gasteiger partial charge < -0.3 is 10.5 Å². The van der Waals surface area contributed by atoms with Gasteiger partial charge in [-0.15, -0.1) is 0 Å². The van der Waals surface area contributed by atoms with Crippen molar-refractivity contribution in [3.63, 3.8) is 0 Å². The van der Waals surface area contributed by atoms with Gasteiger partial charge in [0.2, 0.25) is 0 Å². The lowest BCUT2D eigenvalue weighted by Crippen LogP contribution is -2.12. The van der Waals surface area contributed by atoms with E-state index in [2.05, 4.69) is 10.5 Å². The zero-order valence-electron chi connectivity index (χ0n) is 10.5. The van der Waals surface area contributed by atoms with Crippen LogP contribution in [0.4, 0.5) is 5.69 Å². The predicted octanol–water partition coefficient (Wildman–Crippen LogP) is 3.14. The first-order valence-electron chi connectivity index (χ1n) is 5.86. The van der Waals surface area contributed by atoms with E-state index < -0.39 is 0 Å². The van der Waals surface area contributed by atoms with Crippen molar-refractivity contribution in [2.24, 2.45) is 5.16 Å². The Hall–Kier alpha value is -2.62. The fourth-order valence-electron chi connectivity index (χ4n) is 1.67. The van der Waals surface area contributed by atoms with Gasteiger partial charge in [0, 0.05) is 16.8 Å². The van der Waals surface area contributed by atoms with Gasteiger partial charge in [-0.05, 0) is 31.2 Å². The maximum absolute atomic E-state index is 12.0. The van der Waals surface area contributed by atoms with E-state index >= 15 is 0 Å². The van der Waals surface area contributed by atoms with Crippen molar-refractivity contribution >= 4 is 17.3 Å². The van der Waals surface area contributed by atoms with Gasteiger partial charge in [0.1, 0.15) is 0 Å². The van der Waals surface area contributed by atoms with Gasteiger partial charge >= 0.3 is 0 Å². The monoisotopic (exact) mass is 254 g/mol. The first-order chi connectivity index (χ1) is 9.20. The summed E-state index contributed by atoms with van der Waals surface area (Å²) < 4.78 is 0. The summed E-state index contributed by atoms with van der Waals surface area (Å²) in [7, 11) is 0. The lowest BCUT2D eigenvalue weighted by molar-refractivity contribution is 0.102. The highest BCUT2D eigenvalue weighted by atomic mass is 16.4. The van der Waals surface area contributed by atoms with Crippen molar-refractivity contribution in [3.05, 3.63) is 65.7 Å². The van der Waals surface area contributed by atoms with E-state index in [4.69, 9.17) is 5.21 Å². The van der Waals surface area contributed by atoms with Crippen LogP contribution in [0.5, 0.6) is 0 Å². The van der Waals surface area contributed by atoms with Crippen LogP contribution in [0.1, 0.15) is 22.8 Å². The Morgan fingerprint density at radius 2 is 1.74 bits per heavy atom. The predicted molar refractivity (Wildman–Crippen MR) is 74.8 cm³/mol. The molecule has 0 aliphatic heterocycles. The molecule has 0 aliphatic carbocycles. The summed E-state index contributed by atoms with van der Waals surface area (Å²) in [5.74, 6) is -0.170. The van der Waals surface area contributed by atoms with Gasteiger partial charge in [-0.25, -0.2) is 0 Å². The first-order valence-corrected chi connectivity index (χ1v) is 5.86. The molecule has 2 aromatic rings. The summed E-state index contributed by atoms with van der Waals surface area (Å²) in [4.78, 5) is 12.0. The SMILES string of the molecule is C/C(=N/O)c1cccc(NC(=O)c2ccccc2)c1. The van der Waals surface area contributed by atoms with E-state index in [1.807, 2.05) is 24.3 Å². The quantitative estimate of drug-likeness (QED) is 0.502. The van der Waals surface area contributed by atoms with Gasteiger partial charge in [-0.1, -0.05) is 35.5 Å². The number of benzene rings is 2. The van der Waals surface area contributed by atoms with Crippen LogP contribution in [0.25, 0.3) is 0 Å². The summed E-state index contributed by atoms with van der Waals surface area (Å²) in [6.45, 7) is 1.69. The minimum Gasteiger partial charge on any atom is -0.411 e. The van der Waals surface area contributed by atoms with Gasteiger partial charge in [-0.2, -0.15) is 0 Å². The summed E-state index contributed by atoms with van der Waals surface area (Å²) in [6, 6.07) is 16.1. The lowest BCUT2D eigenvalue weighted by atomic mass is 10.1.